The zero-order chi connectivity index (χ0) is 17.0. The van der Waals surface area contributed by atoms with E-state index in [0.29, 0.717) is 32.7 Å². The van der Waals surface area contributed by atoms with Crippen molar-refractivity contribution >= 4 is 17.8 Å². The number of nitrogens with zero attached hydrogens (tertiary/aromatic N) is 2. The monoisotopic (exact) mass is 322 g/mol. The van der Waals surface area contributed by atoms with Gasteiger partial charge in [0, 0.05) is 32.7 Å². The third-order valence-corrected chi connectivity index (χ3v) is 3.80. The van der Waals surface area contributed by atoms with Crippen molar-refractivity contribution in [3.05, 3.63) is 34.9 Å². The van der Waals surface area contributed by atoms with E-state index in [9.17, 15) is 19.5 Å². The van der Waals surface area contributed by atoms with Gasteiger partial charge in [0.2, 0.25) is 0 Å². The van der Waals surface area contributed by atoms with Crippen LogP contribution in [0.3, 0.4) is 0 Å². The first-order valence-corrected chi connectivity index (χ1v) is 7.17. The molecule has 1 aliphatic heterocycles. The van der Waals surface area contributed by atoms with Crippen LogP contribution >= 0.6 is 0 Å². The first kappa shape index (κ1) is 16.9. The Morgan fingerprint density at radius 1 is 0.957 bits per heavy atom. The highest BCUT2D eigenvalue weighted by Gasteiger charge is 2.26. The molecule has 0 bridgehead atoms. The van der Waals surface area contributed by atoms with E-state index < -0.39 is 17.8 Å². The van der Waals surface area contributed by atoms with Gasteiger partial charge in [0.05, 0.1) is 23.3 Å². The molecule has 0 unspecified atom stereocenters. The fourth-order valence-electron chi connectivity index (χ4n) is 2.53. The van der Waals surface area contributed by atoms with Crippen molar-refractivity contribution in [2.75, 3.05) is 39.3 Å². The zero-order valence-corrected chi connectivity index (χ0v) is 12.4. The molecule has 0 aromatic heterocycles. The quantitative estimate of drug-likeness (QED) is 0.689. The van der Waals surface area contributed by atoms with E-state index in [1.54, 1.807) is 0 Å². The molecule has 2 rings (SSSR count). The second-order valence-electron chi connectivity index (χ2n) is 5.23. The maximum atomic E-state index is 12.5. The molecule has 0 atom stereocenters. The summed E-state index contributed by atoms with van der Waals surface area (Å²) in [6.45, 7) is 2.64. The van der Waals surface area contributed by atoms with Gasteiger partial charge in [-0.2, -0.15) is 0 Å². The molecule has 1 amide bonds. The Labute approximate surface area is 132 Å². The number of carbonyl (C=O) groups excluding carboxylic acids is 1. The smallest absolute Gasteiger partial charge is 0.336 e. The minimum absolute atomic E-state index is 0.0156. The van der Waals surface area contributed by atoms with Crippen LogP contribution in [0.1, 0.15) is 31.1 Å². The van der Waals surface area contributed by atoms with Gasteiger partial charge in [-0.25, -0.2) is 9.59 Å². The van der Waals surface area contributed by atoms with Crippen molar-refractivity contribution < 1.29 is 29.7 Å². The van der Waals surface area contributed by atoms with Gasteiger partial charge in [-0.3, -0.25) is 9.69 Å². The minimum Gasteiger partial charge on any atom is -0.478 e. The molecule has 1 aromatic rings. The van der Waals surface area contributed by atoms with E-state index in [4.69, 9.17) is 10.2 Å². The van der Waals surface area contributed by atoms with Gasteiger partial charge >= 0.3 is 11.9 Å². The number of aromatic carboxylic acids is 2. The van der Waals surface area contributed by atoms with E-state index in [2.05, 4.69) is 0 Å². The normalized spacial score (nSPS) is 15.4. The number of piperazine rings is 1. The summed E-state index contributed by atoms with van der Waals surface area (Å²) in [7, 11) is 0. The number of carboxylic acid groups (broad SMARTS) is 2. The number of aliphatic hydroxyl groups excluding tert-OH is 1. The number of aliphatic hydroxyl groups is 1. The van der Waals surface area contributed by atoms with E-state index in [-0.39, 0.29) is 23.3 Å². The number of benzene rings is 1. The van der Waals surface area contributed by atoms with Gasteiger partial charge in [0.25, 0.3) is 5.91 Å². The second-order valence-corrected chi connectivity index (χ2v) is 5.23. The fraction of sp³-hybridized carbons (Fsp3) is 0.400. The largest absolute Gasteiger partial charge is 0.478 e. The Hall–Kier alpha value is -2.45. The van der Waals surface area contributed by atoms with Gasteiger partial charge in [-0.15, -0.1) is 0 Å². The molecular weight excluding hydrogens is 304 g/mol. The van der Waals surface area contributed by atoms with Crippen molar-refractivity contribution in [3.8, 4) is 0 Å². The van der Waals surface area contributed by atoms with Gasteiger partial charge in [-0.1, -0.05) is 0 Å². The van der Waals surface area contributed by atoms with Crippen LogP contribution < -0.4 is 0 Å². The van der Waals surface area contributed by atoms with Gasteiger partial charge in [-0.05, 0) is 18.2 Å². The Morgan fingerprint density at radius 2 is 1.61 bits per heavy atom. The predicted octanol–water partition coefficient (Wildman–Crippen LogP) is -0.167. The molecule has 1 saturated heterocycles. The van der Waals surface area contributed by atoms with Crippen LogP contribution in [0, 0.1) is 0 Å². The lowest BCUT2D eigenvalue weighted by Gasteiger charge is -2.34. The van der Waals surface area contributed by atoms with Crippen LogP contribution in [0.15, 0.2) is 18.2 Å². The first-order valence-electron chi connectivity index (χ1n) is 7.17. The third kappa shape index (κ3) is 3.85. The van der Waals surface area contributed by atoms with Gasteiger partial charge in [0.15, 0.2) is 0 Å². The van der Waals surface area contributed by atoms with Crippen LogP contribution in [-0.4, -0.2) is 82.3 Å². The molecule has 0 saturated carbocycles. The van der Waals surface area contributed by atoms with Crippen molar-refractivity contribution in [2.24, 2.45) is 0 Å². The standard InChI is InChI=1S/C15H18N2O6/c18-8-7-16-3-5-17(6-4-16)13(19)11-2-1-10(14(20)21)9-12(11)15(22)23/h1-2,9,18H,3-8H2,(H,20,21)(H,22,23). The highest BCUT2D eigenvalue weighted by molar-refractivity contribution is 6.06. The van der Waals surface area contributed by atoms with E-state index >= 15 is 0 Å². The van der Waals surface area contributed by atoms with Crippen molar-refractivity contribution in [1.29, 1.82) is 0 Å². The predicted molar refractivity (Wildman–Crippen MR) is 79.8 cm³/mol. The third-order valence-electron chi connectivity index (χ3n) is 3.80. The summed E-state index contributed by atoms with van der Waals surface area (Å²) in [5, 5.41) is 27.1. The average Bonchev–Trinajstić information content (AvgIpc) is 2.54. The molecule has 0 radical (unpaired) electrons. The minimum atomic E-state index is -1.34. The number of carbonyl (C=O) groups is 3. The van der Waals surface area contributed by atoms with Gasteiger partial charge in [0.1, 0.15) is 0 Å². The molecule has 0 aliphatic carbocycles. The second kappa shape index (κ2) is 7.21. The lowest BCUT2D eigenvalue weighted by Crippen LogP contribution is -2.49. The van der Waals surface area contributed by atoms with Crippen LogP contribution in [0.5, 0.6) is 0 Å². The highest BCUT2D eigenvalue weighted by Crippen LogP contribution is 2.16. The summed E-state index contributed by atoms with van der Waals surface area (Å²) in [4.78, 5) is 38.3. The molecule has 8 nitrogen and oxygen atoms in total. The molecule has 3 N–H and O–H groups in total. The molecule has 0 spiro atoms. The fourth-order valence-corrected chi connectivity index (χ4v) is 2.53. The van der Waals surface area contributed by atoms with Crippen LogP contribution in [0.2, 0.25) is 0 Å². The number of amides is 1. The Balaban J connectivity index is 2.19. The molecule has 1 aliphatic rings. The maximum absolute atomic E-state index is 12.5. The average molecular weight is 322 g/mol. The number of hydrogen-bond donors (Lipinski definition) is 3. The Morgan fingerprint density at radius 3 is 2.13 bits per heavy atom. The summed E-state index contributed by atoms with van der Waals surface area (Å²) in [5.41, 5.74) is -0.502. The van der Waals surface area contributed by atoms with Crippen molar-refractivity contribution in [3.63, 3.8) is 0 Å². The van der Waals surface area contributed by atoms with Crippen LogP contribution in [-0.2, 0) is 0 Å². The van der Waals surface area contributed by atoms with Crippen LogP contribution in [0.25, 0.3) is 0 Å². The summed E-state index contributed by atoms with van der Waals surface area (Å²) in [5.74, 6) is -3.01. The molecule has 1 aromatic carbocycles. The molecule has 23 heavy (non-hydrogen) atoms. The maximum Gasteiger partial charge on any atom is 0.336 e. The van der Waals surface area contributed by atoms with E-state index in [1.165, 1.54) is 17.0 Å². The Kier molecular flexibility index (Phi) is 5.30. The topological polar surface area (TPSA) is 118 Å². The number of β-amino-alcohol motifs (C(OH)–C–C–N with tert-alkyl or cyclic N) is 1. The van der Waals surface area contributed by atoms with E-state index in [0.717, 1.165) is 6.07 Å². The van der Waals surface area contributed by atoms with Crippen molar-refractivity contribution in [2.45, 2.75) is 0 Å². The zero-order valence-electron chi connectivity index (χ0n) is 12.4. The van der Waals surface area contributed by atoms with Crippen molar-refractivity contribution in [1.82, 2.24) is 9.80 Å². The summed E-state index contributed by atoms with van der Waals surface area (Å²) in [6, 6.07) is 3.47. The lowest BCUT2D eigenvalue weighted by molar-refractivity contribution is 0.0596. The molecule has 8 heteroatoms. The lowest BCUT2D eigenvalue weighted by atomic mass is 10.0. The van der Waals surface area contributed by atoms with E-state index in [1.807, 2.05) is 4.90 Å². The number of rotatable bonds is 5. The number of hydrogen-bond acceptors (Lipinski definition) is 5. The van der Waals surface area contributed by atoms with Crippen LogP contribution in [0.4, 0.5) is 0 Å². The number of carboxylic acids is 2. The summed E-state index contributed by atoms with van der Waals surface area (Å²) < 4.78 is 0. The van der Waals surface area contributed by atoms with Gasteiger partial charge < -0.3 is 20.2 Å². The molecule has 124 valence electrons. The summed E-state index contributed by atoms with van der Waals surface area (Å²) in [6.07, 6.45) is 0. The summed E-state index contributed by atoms with van der Waals surface area (Å²) >= 11 is 0. The Bertz CT molecular complexity index is 622. The molecular formula is C15H18N2O6. The first-order chi connectivity index (χ1) is 10.9. The highest BCUT2D eigenvalue weighted by atomic mass is 16.4. The SMILES string of the molecule is O=C(O)c1ccc(C(=O)N2CCN(CCO)CC2)c(C(=O)O)c1. The molecule has 1 fully saturated rings. The molecule has 1 heterocycles.